The van der Waals surface area contributed by atoms with Crippen LogP contribution in [0.2, 0.25) is 0 Å². The first kappa shape index (κ1) is 13.8. The van der Waals surface area contributed by atoms with Crippen molar-refractivity contribution in [3.63, 3.8) is 0 Å². The Labute approximate surface area is 126 Å². The predicted molar refractivity (Wildman–Crippen MR) is 81.8 cm³/mol. The van der Waals surface area contributed by atoms with Gasteiger partial charge in [-0.05, 0) is 24.4 Å². The summed E-state index contributed by atoms with van der Waals surface area (Å²) < 4.78 is 10.6. The third-order valence-corrected chi connectivity index (χ3v) is 4.67. The molecule has 1 aliphatic heterocycles. The van der Waals surface area contributed by atoms with E-state index in [9.17, 15) is 4.79 Å². The van der Waals surface area contributed by atoms with E-state index in [1.165, 1.54) is 0 Å². The van der Waals surface area contributed by atoms with E-state index in [1.54, 1.807) is 35.4 Å². The summed E-state index contributed by atoms with van der Waals surface area (Å²) in [5, 5.41) is 2.00. The highest BCUT2D eigenvalue weighted by Crippen LogP contribution is 2.37. The van der Waals surface area contributed by atoms with Gasteiger partial charge in [0.1, 0.15) is 0 Å². The molecule has 2 heterocycles. The molecule has 0 saturated heterocycles. The zero-order valence-corrected chi connectivity index (χ0v) is 12.6. The molecule has 0 saturated carbocycles. The number of benzene rings is 1. The fraction of sp³-hybridized carbons (Fsp3) is 0.267. The van der Waals surface area contributed by atoms with Gasteiger partial charge in [-0.25, -0.2) is 0 Å². The topological polar surface area (TPSA) is 64.8 Å². The fourth-order valence-electron chi connectivity index (χ4n) is 2.23. The van der Waals surface area contributed by atoms with Gasteiger partial charge in [0, 0.05) is 23.7 Å². The van der Waals surface area contributed by atoms with Crippen molar-refractivity contribution in [2.24, 2.45) is 0 Å². The van der Waals surface area contributed by atoms with Crippen molar-refractivity contribution < 1.29 is 14.3 Å². The minimum Gasteiger partial charge on any atom is -0.454 e. The average molecular weight is 304 g/mol. The normalized spacial score (nSPS) is 14.0. The molecule has 110 valence electrons. The SMILES string of the molecule is CC(c1cccs1)N(C)C(=O)c1cc2c(cc1N)OCO2. The highest BCUT2D eigenvalue weighted by atomic mass is 32.1. The second kappa shape index (κ2) is 5.29. The van der Waals surface area contributed by atoms with Gasteiger partial charge in [0.25, 0.3) is 5.91 Å². The Balaban J connectivity index is 1.88. The lowest BCUT2D eigenvalue weighted by Gasteiger charge is -2.24. The zero-order chi connectivity index (χ0) is 15.0. The standard InChI is InChI=1S/C15H16N2O3S/c1-9(14-4-3-5-21-14)17(2)15(18)10-6-12-13(7-11(10)16)20-8-19-12/h3-7,9H,8,16H2,1-2H3. The molecule has 1 aliphatic rings. The predicted octanol–water partition coefficient (Wildman–Crippen LogP) is 2.89. The minimum atomic E-state index is -0.133. The molecular weight excluding hydrogens is 288 g/mol. The Kier molecular flexibility index (Phi) is 3.47. The summed E-state index contributed by atoms with van der Waals surface area (Å²) in [6.45, 7) is 2.15. The number of hydrogen-bond acceptors (Lipinski definition) is 5. The third kappa shape index (κ3) is 2.42. The summed E-state index contributed by atoms with van der Waals surface area (Å²) in [7, 11) is 1.77. The van der Waals surface area contributed by atoms with Crippen LogP contribution >= 0.6 is 11.3 Å². The van der Waals surface area contributed by atoms with Crippen molar-refractivity contribution in [2.45, 2.75) is 13.0 Å². The average Bonchev–Trinajstić information content (AvgIpc) is 3.14. The fourth-order valence-corrected chi connectivity index (χ4v) is 3.06. The first-order valence-corrected chi connectivity index (χ1v) is 7.45. The van der Waals surface area contributed by atoms with Crippen molar-refractivity contribution in [3.05, 3.63) is 40.1 Å². The number of carbonyl (C=O) groups is 1. The van der Waals surface area contributed by atoms with E-state index in [0.717, 1.165) is 4.88 Å². The molecule has 0 aliphatic carbocycles. The number of rotatable bonds is 3. The Bertz CT molecular complexity index is 670. The maximum atomic E-state index is 12.7. The number of fused-ring (bicyclic) bond motifs is 1. The number of amides is 1. The van der Waals surface area contributed by atoms with Crippen LogP contribution in [-0.2, 0) is 0 Å². The van der Waals surface area contributed by atoms with Gasteiger partial charge in [-0.1, -0.05) is 6.07 Å². The van der Waals surface area contributed by atoms with Crippen LogP contribution < -0.4 is 15.2 Å². The first-order valence-electron chi connectivity index (χ1n) is 6.57. The van der Waals surface area contributed by atoms with Crippen LogP contribution in [0.5, 0.6) is 11.5 Å². The second-order valence-corrected chi connectivity index (χ2v) is 5.88. The number of ether oxygens (including phenoxy) is 2. The molecule has 2 N–H and O–H groups in total. The molecule has 6 heteroatoms. The minimum absolute atomic E-state index is 0.0117. The molecule has 0 bridgehead atoms. The maximum Gasteiger partial charge on any atom is 0.256 e. The van der Waals surface area contributed by atoms with Crippen molar-refractivity contribution in [1.29, 1.82) is 0 Å². The molecule has 0 radical (unpaired) electrons. The second-order valence-electron chi connectivity index (χ2n) is 4.90. The first-order chi connectivity index (χ1) is 10.1. The number of nitrogen functional groups attached to an aromatic ring is 1. The number of hydrogen-bond donors (Lipinski definition) is 1. The van der Waals surface area contributed by atoms with Gasteiger partial charge in [-0.3, -0.25) is 4.79 Å². The van der Waals surface area contributed by atoms with Crippen LogP contribution in [0.3, 0.4) is 0 Å². The number of thiophene rings is 1. The van der Waals surface area contributed by atoms with Crippen LogP contribution in [0.25, 0.3) is 0 Å². The Morgan fingerprint density at radius 2 is 2.10 bits per heavy atom. The van der Waals surface area contributed by atoms with Crippen molar-refractivity contribution in [2.75, 3.05) is 19.6 Å². The number of anilines is 1. The number of nitrogens with zero attached hydrogens (tertiary/aromatic N) is 1. The van der Waals surface area contributed by atoms with Gasteiger partial charge in [0.05, 0.1) is 11.6 Å². The largest absolute Gasteiger partial charge is 0.454 e. The van der Waals surface area contributed by atoms with Gasteiger partial charge in [0.15, 0.2) is 11.5 Å². The monoisotopic (exact) mass is 304 g/mol. The molecule has 21 heavy (non-hydrogen) atoms. The van der Waals surface area contributed by atoms with E-state index in [-0.39, 0.29) is 18.7 Å². The van der Waals surface area contributed by atoms with Gasteiger partial charge in [-0.2, -0.15) is 0 Å². The van der Waals surface area contributed by atoms with Crippen LogP contribution in [0.15, 0.2) is 29.6 Å². The number of nitrogens with two attached hydrogens (primary N) is 1. The highest BCUT2D eigenvalue weighted by Gasteiger charge is 2.24. The van der Waals surface area contributed by atoms with E-state index in [2.05, 4.69) is 0 Å². The molecule has 0 fully saturated rings. The highest BCUT2D eigenvalue weighted by molar-refractivity contribution is 7.10. The molecule has 1 aromatic heterocycles. The Morgan fingerprint density at radius 1 is 1.38 bits per heavy atom. The van der Waals surface area contributed by atoms with Crippen LogP contribution in [0, 0.1) is 0 Å². The summed E-state index contributed by atoms with van der Waals surface area (Å²) in [5.74, 6) is 1.01. The molecule has 1 aromatic carbocycles. The summed E-state index contributed by atoms with van der Waals surface area (Å²) in [5.41, 5.74) is 6.80. The summed E-state index contributed by atoms with van der Waals surface area (Å²) >= 11 is 1.63. The summed E-state index contributed by atoms with van der Waals surface area (Å²) in [6.07, 6.45) is 0. The van der Waals surface area contributed by atoms with Gasteiger partial charge in [-0.15, -0.1) is 11.3 Å². The molecular formula is C15H16N2O3S. The molecule has 5 nitrogen and oxygen atoms in total. The van der Waals surface area contributed by atoms with E-state index in [1.807, 2.05) is 24.4 Å². The van der Waals surface area contributed by atoms with Crippen LogP contribution in [0.4, 0.5) is 5.69 Å². The van der Waals surface area contributed by atoms with Gasteiger partial charge in [0.2, 0.25) is 6.79 Å². The van der Waals surface area contributed by atoms with Crippen LogP contribution in [-0.4, -0.2) is 24.6 Å². The zero-order valence-electron chi connectivity index (χ0n) is 11.8. The quantitative estimate of drug-likeness (QED) is 0.886. The maximum absolute atomic E-state index is 12.7. The summed E-state index contributed by atoms with van der Waals surface area (Å²) in [4.78, 5) is 15.5. The molecule has 0 spiro atoms. The van der Waals surface area contributed by atoms with Gasteiger partial charge < -0.3 is 20.1 Å². The van der Waals surface area contributed by atoms with Crippen molar-refractivity contribution in [1.82, 2.24) is 4.90 Å². The van der Waals surface area contributed by atoms with E-state index < -0.39 is 0 Å². The Hall–Kier alpha value is -2.21. The summed E-state index contributed by atoms with van der Waals surface area (Å²) in [6, 6.07) is 7.27. The smallest absolute Gasteiger partial charge is 0.256 e. The van der Waals surface area contributed by atoms with E-state index >= 15 is 0 Å². The molecule has 2 aromatic rings. The van der Waals surface area contributed by atoms with Gasteiger partial charge >= 0.3 is 0 Å². The lowest BCUT2D eigenvalue weighted by molar-refractivity contribution is 0.0745. The molecule has 3 rings (SSSR count). The number of carbonyl (C=O) groups excluding carboxylic acids is 1. The molecule has 1 unspecified atom stereocenters. The van der Waals surface area contributed by atoms with E-state index in [0.29, 0.717) is 22.7 Å². The van der Waals surface area contributed by atoms with Crippen LogP contribution in [0.1, 0.15) is 28.2 Å². The lowest BCUT2D eigenvalue weighted by atomic mass is 10.1. The lowest BCUT2D eigenvalue weighted by Crippen LogP contribution is -2.29. The Morgan fingerprint density at radius 3 is 2.76 bits per heavy atom. The molecule has 1 amide bonds. The van der Waals surface area contributed by atoms with Crippen molar-refractivity contribution >= 4 is 22.9 Å². The van der Waals surface area contributed by atoms with E-state index in [4.69, 9.17) is 15.2 Å². The third-order valence-electron chi connectivity index (χ3n) is 3.63. The molecule has 1 atom stereocenters. The van der Waals surface area contributed by atoms with Crippen molar-refractivity contribution in [3.8, 4) is 11.5 Å².